The Morgan fingerprint density at radius 2 is 1.69 bits per heavy atom. The number of fused-ring (bicyclic) bond motifs is 1. The van der Waals surface area contributed by atoms with E-state index in [9.17, 15) is 14.7 Å². The van der Waals surface area contributed by atoms with Crippen molar-refractivity contribution in [3.63, 3.8) is 0 Å². The zero-order valence-electron chi connectivity index (χ0n) is 18.4. The number of aliphatic hydroxyl groups is 1. The van der Waals surface area contributed by atoms with E-state index in [1.807, 2.05) is 54.6 Å². The summed E-state index contributed by atoms with van der Waals surface area (Å²) >= 11 is 0. The molecule has 5 rings (SSSR count). The molecule has 2 N–H and O–H groups in total. The van der Waals surface area contributed by atoms with Crippen molar-refractivity contribution in [2.75, 3.05) is 29.9 Å². The monoisotopic (exact) mass is 433 g/mol. The van der Waals surface area contributed by atoms with Gasteiger partial charge >= 0.3 is 0 Å². The summed E-state index contributed by atoms with van der Waals surface area (Å²) in [5.41, 5.74) is 1.73. The van der Waals surface area contributed by atoms with Crippen molar-refractivity contribution in [2.45, 2.75) is 50.2 Å². The largest absolute Gasteiger partial charge is 0.388 e. The molecule has 2 heterocycles. The SMILES string of the molecule is O=C(CN1CCC(C(O)c2ccccc2)CC1)N1c2ccccc2NC(=O)C12CCCC2. The summed E-state index contributed by atoms with van der Waals surface area (Å²) in [7, 11) is 0. The van der Waals surface area contributed by atoms with Crippen molar-refractivity contribution in [3.05, 3.63) is 60.2 Å². The van der Waals surface area contributed by atoms with Crippen LogP contribution in [0, 0.1) is 5.92 Å². The third kappa shape index (κ3) is 3.71. The highest BCUT2D eigenvalue weighted by Gasteiger charge is 2.52. The maximum absolute atomic E-state index is 13.6. The second-order valence-corrected chi connectivity index (χ2v) is 9.41. The maximum atomic E-state index is 13.6. The Bertz CT molecular complexity index is 979. The Kier molecular flexibility index (Phi) is 5.74. The van der Waals surface area contributed by atoms with Crippen LogP contribution in [0.1, 0.15) is 50.2 Å². The van der Waals surface area contributed by atoms with E-state index in [2.05, 4.69) is 10.2 Å². The van der Waals surface area contributed by atoms with Crippen LogP contribution in [0.4, 0.5) is 11.4 Å². The van der Waals surface area contributed by atoms with E-state index < -0.39 is 11.6 Å². The van der Waals surface area contributed by atoms with Gasteiger partial charge in [-0.3, -0.25) is 19.4 Å². The molecule has 1 saturated heterocycles. The normalized spacial score (nSPS) is 21.9. The third-order valence-corrected chi connectivity index (χ3v) is 7.50. The van der Waals surface area contributed by atoms with Gasteiger partial charge in [0.2, 0.25) is 5.91 Å². The number of rotatable bonds is 4. The molecule has 2 aromatic rings. The van der Waals surface area contributed by atoms with E-state index in [0.29, 0.717) is 25.1 Å². The molecule has 2 amide bonds. The van der Waals surface area contributed by atoms with Gasteiger partial charge in [0.05, 0.1) is 24.0 Å². The summed E-state index contributed by atoms with van der Waals surface area (Å²) in [6, 6.07) is 17.4. The lowest BCUT2D eigenvalue weighted by Crippen LogP contribution is -2.62. The molecule has 6 heteroatoms. The second-order valence-electron chi connectivity index (χ2n) is 9.41. The van der Waals surface area contributed by atoms with E-state index in [0.717, 1.165) is 50.0 Å². The van der Waals surface area contributed by atoms with Gasteiger partial charge in [-0.05, 0) is 62.4 Å². The predicted octanol–water partition coefficient (Wildman–Crippen LogP) is 3.73. The van der Waals surface area contributed by atoms with Crippen molar-refractivity contribution < 1.29 is 14.7 Å². The molecule has 0 radical (unpaired) electrons. The van der Waals surface area contributed by atoms with E-state index >= 15 is 0 Å². The molecule has 2 aliphatic heterocycles. The van der Waals surface area contributed by atoms with Crippen LogP contribution < -0.4 is 10.2 Å². The van der Waals surface area contributed by atoms with Crippen LogP contribution in [0.2, 0.25) is 0 Å². The number of carbonyl (C=O) groups is 2. The van der Waals surface area contributed by atoms with Crippen LogP contribution in [0.3, 0.4) is 0 Å². The van der Waals surface area contributed by atoms with Gasteiger partial charge in [0, 0.05) is 0 Å². The Balaban J connectivity index is 1.29. The van der Waals surface area contributed by atoms with Gasteiger partial charge in [-0.25, -0.2) is 0 Å². The minimum absolute atomic E-state index is 0.00346. The molecule has 3 aliphatic rings. The average molecular weight is 434 g/mol. The first-order chi connectivity index (χ1) is 15.6. The Hall–Kier alpha value is -2.70. The summed E-state index contributed by atoms with van der Waals surface area (Å²) < 4.78 is 0. The highest BCUT2D eigenvalue weighted by molar-refractivity contribution is 6.15. The predicted molar refractivity (Wildman–Crippen MR) is 124 cm³/mol. The fourth-order valence-electron chi connectivity index (χ4n) is 5.74. The van der Waals surface area contributed by atoms with Crippen LogP contribution >= 0.6 is 0 Å². The standard InChI is InChI=1S/C26H31N3O3/c30-23(18-28-16-12-20(13-17-28)24(31)19-8-2-1-3-9-19)29-22-11-5-4-10-21(22)27-25(32)26(29)14-6-7-15-26/h1-5,8-11,20,24,31H,6-7,12-18H2,(H,27,32). The summed E-state index contributed by atoms with van der Waals surface area (Å²) in [6.45, 7) is 1.85. The van der Waals surface area contributed by atoms with Crippen LogP contribution in [-0.4, -0.2) is 47.0 Å². The van der Waals surface area contributed by atoms with Crippen LogP contribution in [0.5, 0.6) is 0 Å². The first kappa shape index (κ1) is 21.2. The summed E-state index contributed by atoms with van der Waals surface area (Å²) in [6.07, 6.45) is 4.59. The lowest BCUT2D eigenvalue weighted by molar-refractivity contribution is -0.128. The lowest BCUT2D eigenvalue weighted by atomic mass is 9.87. The maximum Gasteiger partial charge on any atom is 0.250 e. The molecule has 168 valence electrons. The molecule has 0 bridgehead atoms. The van der Waals surface area contributed by atoms with Gasteiger partial charge in [-0.1, -0.05) is 55.3 Å². The molecule has 2 fully saturated rings. The van der Waals surface area contributed by atoms with Crippen LogP contribution in [0.15, 0.2) is 54.6 Å². The number of hydrogen-bond acceptors (Lipinski definition) is 4. The molecular weight excluding hydrogens is 402 g/mol. The summed E-state index contributed by atoms with van der Waals surface area (Å²) in [5, 5.41) is 13.8. The number of likely N-dealkylation sites (tertiary alicyclic amines) is 1. The zero-order chi connectivity index (χ0) is 22.1. The van der Waals surface area contributed by atoms with Crippen LogP contribution in [0.25, 0.3) is 0 Å². The quantitative estimate of drug-likeness (QED) is 0.771. The highest BCUT2D eigenvalue weighted by atomic mass is 16.3. The number of carbonyl (C=O) groups excluding carboxylic acids is 2. The van der Waals surface area contributed by atoms with Gasteiger partial charge < -0.3 is 10.4 Å². The number of aliphatic hydroxyl groups excluding tert-OH is 1. The van der Waals surface area contributed by atoms with Gasteiger partial charge in [0.1, 0.15) is 5.54 Å². The fourth-order valence-corrected chi connectivity index (χ4v) is 5.74. The summed E-state index contributed by atoms with van der Waals surface area (Å²) in [5.74, 6) is 0.148. The van der Waals surface area contributed by atoms with Crippen molar-refractivity contribution in [2.24, 2.45) is 5.92 Å². The number of piperidine rings is 1. The highest BCUT2D eigenvalue weighted by Crippen LogP contribution is 2.45. The Morgan fingerprint density at radius 1 is 1.03 bits per heavy atom. The minimum atomic E-state index is -0.757. The first-order valence-corrected chi connectivity index (χ1v) is 11.8. The van der Waals surface area contributed by atoms with E-state index in [1.165, 1.54) is 0 Å². The molecule has 1 saturated carbocycles. The zero-order valence-corrected chi connectivity index (χ0v) is 18.4. The minimum Gasteiger partial charge on any atom is -0.388 e. The smallest absolute Gasteiger partial charge is 0.250 e. The summed E-state index contributed by atoms with van der Waals surface area (Å²) in [4.78, 5) is 30.7. The van der Waals surface area contributed by atoms with Gasteiger partial charge in [-0.15, -0.1) is 0 Å². The van der Waals surface area contributed by atoms with Gasteiger partial charge in [-0.2, -0.15) is 0 Å². The fraction of sp³-hybridized carbons (Fsp3) is 0.462. The number of para-hydroxylation sites is 2. The molecule has 6 nitrogen and oxygen atoms in total. The molecule has 32 heavy (non-hydrogen) atoms. The van der Waals surface area contributed by atoms with Crippen molar-refractivity contribution in [3.8, 4) is 0 Å². The molecule has 2 aromatic carbocycles. The van der Waals surface area contributed by atoms with E-state index in [-0.39, 0.29) is 17.7 Å². The number of benzene rings is 2. The molecular formula is C26H31N3O3. The Labute approximate surface area is 189 Å². The molecule has 0 aromatic heterocycles. The number of amides is 2. The number of anilines is 2. The topological polar surface area (TPSA) is 72.9 Å². The first-order valence-electron chi connectivity index (χ1n) is 11.8. The van der Waals surface area contributed by atoms with Gasteiger partial charge in [0.25, 0.3) is 5.91 Å². The lowest BCUT2D eigenvalue weighted by Gasteiger charge is -2.45. The number of nitrogens with zero attached hydrogens (tertiary/aromatic N) is 2. The van der Waals surface area contributed by atoms with E-state index in [1.54, 1.807) is 4.90 Å². The third-order valence-electron chi connectivity index (χ3n) is 7.50. The molecule has 1 atom stereocenters. The Morgan fingerprint density at radius 3 is 2.41 bits per heavy atom. The van der Waals surface area contributed by atoms with Gasteiger partial charge in [0.15, 0.2) is 0 Å². The van der Waals surface area contributed by atoms with E-state index in [4.69, 9.17) is 0 Å². The average Bonchev–Trinajstić information content (AvgIpc) is 3.31. The van der Waals surface area contributed by atoms with Crippen molar-refractivity contribution >= 4 is 23.2 Å². The number of hydrogen-bond donors (Lipinski definition) is 2. The van der Waals surface area contributed by atoms with Crippen molar-refractivity contribution in [1.29, 1.82) is 0 Å². The number of nitrogens with one attached hydrogen (secondary N) is 1. The molecule has 1 unspecified atom stereocenters. The second kappa shape index (κ2) is 8.68. The molecule has 1 aliphatic carbocycles. The molecule has 1 spiro atoms. The van der Waals surface area contributed by atoms with Crippen molar-refractivity contribution in [1.82, 2.24) is 4.90 Å². The van der Waals surface area contributed by atoms with Crippen LogP contribution in [-0.2, 0) is 9.59 Å².